The van der Waals surface area contributed by atoms with Gasteiger partial charge in [0.2, 0.25) is 0 Å². The minimum Gasteiger partial charge on any atom is -0.462 e. The van der Waals surface area contributed by atoms with E-state index in [9.17, 15) is 19.2 Å². The van der Waals surface area contributed by atoms with Crippen molar-refractivity contribution < 1.29 is 38.1 Å². The summed E-state index contributed by atoms with van der Waals surface area (Å²) >= 11 is 0. The Morgan fingerprint density at radius 1 is 0.654 bits per heavy atom. The van der Waals surface area contributed by atoms with Crippen LogP contribution >= 0.6 is 0 Å². The Morgan fingerprint density at radius 2 is 0.923 bits per heavy atom. The van der Waals surface area contributed by atoms with Crippen LogP contribution in [0.2, 0.25) is 0 Å². The van der Waals surface area contributed by atoms with Crippen molar-refractivity contribution in [2.75, 3.05) is 26.4 Å². The van der Waals surface area contributed by atoms with Crippen molar-refractivity contribution in [3.63, 3.8) is 0 Å². The van der Waals surface area contributed by atoms with Crippen LogP contribution in [0.4, 0.5) is 0 Å². The predicted octanol–water partition coefficient (Wildman–Crippen LogP) is 1.36. The summed E-state index contributed by atoms with van der Waals surface area (Å²) in [6.45, 7) is 10.2. The molecule has 0 rings (SSSR count). The molecule has 0 spiro atoms. The van der Waals surface area contributed by atoms with Crippen LogP contribution in [-0.4, -0.2) is 50.3 Å². The molecule has 8 heteroatoms. The molecule has 8 nitrogen and oxygen atoms in total. The minimum atomic E-state index is -0.725. The van der Waals surface area contributed by atoms with Gasteiger partial charge >= 0.3 is 23.9 Å². The third-order valence-electron chi connectivity index (χ3n) is 2.73. The lowest BCUT2D eigenvalue weighted by molar-refractivity contribution is -0.145. The highest BCUT2D eigenvalue weighted by atomic mass is 16.6. The maximum Gasteiger partial charge on any atom is 0.331 e. The first-order valence-corrected chi connectivity index (χ1v) is 7.88. The highest BCUT2D eigenvalue weighted by molar-refractivity contribution is 5.91. The summed E-state index contributed by atoms with van der Waals surface area (Å²) < 4.78 is 19.4. The molecule has 144 valence electrons. The zero-order chi connectivity index (χ0) is 19.9. The van der Waals surface area contributed by atoms with Gasteiger partial charge in [0.25, 0.3) is 0 Å². The molecule has 0 aromatic rings. The van der Waals surface area contributed by atoms with E-state index in [1.54, 1.807) is 13.8 Å². The van der Waals surface area contributed by atoms with Gasteiger partial charge in [0.15, 0.2) is 0 Å². The van der Waals surface area contributed by atoms with Crippen molar-refractivity contribution in [3.8, 4) is 0 Å². The number of carbonyl (C=O) groups excluding carboxylic acids is 4. The van der Waals surface area contributed by atoms with Crippen LogP contribution in [0.15, 0.2) is 37.5 Å². The molecule has 0 aliphatic carbocycles. The average molecular weight is 368 g/mol. The number of hydrogen-bond acceptors (Lipinski definition) is 8. The van der Waals surface area contributed by atoms with Crippen molar-refractivity contribution in [1.29, 1.82) is 0 Å². The second kappa shape index (κ2) is 13.4. The molecule has 2 atom stereocenters. The van der Waals surface area contributed by atoms with Crippen LogP contribution in [0, 0.1) is 11.8 Å². The van der Waals surface area contributed by atoms with Gasteiger partial charge in [-0.2, -0.15) is 0 Å². The van der Waals surface area contributed by atoms with E-state index < -0.39 is 23.9 Å². The fourth-order valence-electron chi connectivity index (χ4n) is 1.34. The van der Waals surface area contributed by atoms with Gasteiger partial charge in [0.1, 0.15) is 0 Å². The summed E-state index contributed by atoms with van der Waals surface area (Å²) in [7, 11) is 0. The Kier molecular flexibility index (Phi) is 11.9. The van der Waals surface area contributed by atoms with Gasteiger partial charge in [-0.25, -0.2) is 19.2 Å². The van der Waals surface area contributed by atoms with E-state index in [0.717, 1.165) is 24.3 Å². The summed E-state index contributed by atoms with van der Waals surface area (Å²) in [5.41, 5.74) is 0. The van der Waals surface area contributed by atoms with Gasteiger partial charge in [-0.15, -0.1) is 0 Å². The maximum atomic E-state index is 11.5. The summed E-state index contributed by atoms with van der Waals surface area (Å²) in [5.74, 6) is -2.98. The van der Waals surface area contributed by atoms with Crippen molar-refractivity contribution in [2.24, 2.45) is 11.8 Å². The monoisotopic (exact) mass is 368 g/mol. The number of esters is 4. The Balaban J connectivity index is 3.98. The largest absolute Gasteiger partial charge is 0.462 e. The van der Waals surface area contributed by atoms with Crippen LogP contribution in [0.25, 0.3) is 0 Å². The van der Waals surface area contributed by atoms with E-state index in [1.807, 2.05) is 0 Å². The lowest BCUT2D eigenvalue weighted by Gasteiger charge is -2.11. The average Bonchev–Trinajstić information content (AvgIpc) is 2.64. The summed E-state index contributed by atoms with van der Waals surface area (Å²) in [6.07, 6.45) is 3.95. The highest BCUT2D eigenvalue weighted by Crippen LogP contribution is 2.00. The molecule has 0 saturated carbocycles. The van der Waals surface area contributed by atoms with Crippen LogP contribution in [0.1, 0.15) is 13.8 Å². The van der Waals surface area contributed by atoms with Crippen LogP contribution in [-0.2, 0) is 38.1 Å². The van der Waals surface area contributed by atoms with Crippen molar-refractivity contribution in [2.45, 2.75) is 13.8 Å². The Labute approximate surface area is 152 Å². The molecule has 0 fully saturated rings. The molecule has 0 N–H and O–H groups in total. The zero-order valence-corrected chi connectivity index (χ0v) is 15.0. The first-order valence-electron chi connectivity index (χ1n) is 7.88. The van der Waals surface area contributed by atoms with E-state index in [2.05, 4.69) is 13.2 Å². The number of carbonyl (C=O) groups is 4. The summed E-state index contributed by atoms with van der Waals surface area (Å²) in [6, 6.07) is 0. The quantitative estimate of drug-likeness (QED) is 0.289. The molecule has 0 bridgehead atoms. The predicted molar refractivity (Wildman–Crippen MR) is 91.7 cm³/mol. The van der Waals surface area contributed by atoms with Gasteiger partial charge in [-0.1, -0.05) is 27.0 Å². The van der Waals surface area contributed by atoms with E-state index in [-0.39, 0.29) is 38.3 Å². The Hall–Kier alpha value is -2.90. The third-order valence-corrected chi connectivity index (χ3v) is 2.73. The second-order valence-electron chi connectivity index (χ2n) is 5.47. The van der Waals surface area contributed by atoms with Gasteiger partial charge in [-0.3, -0.25) is 0 Å². The molecule has 2 unspecified atom stereocenters. The van der Waals surface area contributed by atoms with Crippen molar-refractivity contribution in [3.05, 3.63) is 37.5 Å². The van der Waals surface area contributed by atoms with Crippen LogP contribution in [0.3, 0.4) is 0 Å². The van der Waals surface area contributed by atoms with Crippen LogP contribution in [0.5, 0.6) is 0 Å². The molecule has 0 saturated heterocycles. The molecule has 0 amide bonds. The van der Waals surface area contributed by atoms with Crippen molar-refractivity contribution in [1.82, 2.24) is 0 Å². The lowest BCUT2D eigenvalue weighted by Crippen LogP contribution is -2.18. The first-order chi connectivity index (χ1) is 12.3. The Morgan fingerprint density at radius 3 is 1.19 bits per heavy atom. The second-order valence-corrected chi connectivity index (χ2v) is 5.47. The minimum absolute atomic E-state index is 0.0222. The van der Waals surface area contributed by atoms with E-state index in [1.165, 1.54) is 0 Å². The molecule has 0 aliphatic rings. The summed E-state index contributed by atoms with van der Waals surface area (Å²) in [4.78, 5) is 44.8. The molecule has 0 aliphatic heterocycles. The van der Waals surface area contributed by atoms with E-state index in [4.69, 9.17) is 18.9 Å². The molecule has 26 heavy (non-hydrogen) atoms. The first kappa shape index (κ1) is 23.1. The number of hydrogen-bond donors (Lipinski definition) is 0. The van der Waals surface area contributed by atoms with Gasteiger partial charge in [-0.05, 0) is 0 Å². The molecule has 0 heterocycles. The smallest absolute Gasteiger partial charge is 0.331 e. The molecular weight excluding hydrogens is 344 g/mol. The summed E-state index contributed by atoms with van der Waals surface area (Å²) in [5, 5.41) is 0. The Bertz CT molecular complexity index is 501. The zero-order valence-electron chi connectivity index (χ0n) is 15.0. The highest BCUT2D eigenvalue weighted by Gasteiger charge is 2.10. The fourth-order valence-corrected chi connectivity index (χ4v) is 1.34. The maximum absolute atomic E-state index is 11.5. The van der Waals surface area contributed by atoms with E-state index in [0.29, 0.717) is 0 Å². The standard InChI is InChI=1S/C18H24O8/c1-5-15(19)23-9-13(3)11-25-17(21)7-8-18(22)26-12-14(4)10-24-16(20)6-2/h5-8,13-14H,1-2,9-12H2,3-4H3/b8-7-. The molecule has 0 aromatic carbocycles. The van der Waals surface area contributed by atoms with Gasteiger partial charge in [0.05, 0.1) is 26.4 Å². The SMILES string of the molecule is C=CC(=O)OCC(C)COC(=O)/C=C\C(=O)OCC(C)COC(=O)C=C. The van der Waals surface area contributed by atoms with Crippen molar-refractivity contribution >= 4 is 23.9 Å². The number of rotatable bonds is 12. The third kappa shape index (κ3) is 12.5. The van der Waals surface area contributed by atoms with E-state index >= 15 is 0 Å². The van der Waals surface area contributed by atoms with Crippen LogP contribution < -0.4 is 0 Å². The fraction of sp³-hybridized carbons (Fsp3) is 0.444. The molecule has 0 radical (unpaired) electrons. The molecular formula is C18H24O8. The normalized spacial score (nSPS) is 12.5. The molecule has 0 aromatic heterocycles. The van der Waals surface area contributed by atoms with Gasteiger partial charge in [0, 0.05) is 36.1 Å². The topological polar surface area (TPSA) is 105 Å². The van der Waals surface area contributed by atoms with Gasteiger partial charge < -0.3 is 18.9 Å². The number of ether oxygens (including phenoxy) is 4. The lowest BCUT2D eigenvalue weighted by atomic mass is 10.2.